The van der Waals surface area contributed by atoms with Crippen molar-refractivity contribution in [3.63, 3.8) is 0 Å². The van der Waals surface area contributed by atoms with Gasteiger partial charge in [-0.15, -0.1) is 0 Å². The minimum absolute atomic E-state index is 0.00607. The van der Waals surface area contributed by atoms with E-state index in [0.29, 0.717) is 0 Å². The van der Waals surface area contributed by atoms with E-state index in [1.807, 2.05) is 19.9 Å². The van der Waals surface area contributed by atoms with Crippen LogP contribution < -0.4 is 0 Å². The van der Waals surface area contributed by atoms with Crippen molar-refractivity contribution in [2.75, 3.05) is 6.61 Å². The van der Waals surface area contributed by atoms with Crippen LogP contribution in [0.15, 0.2) is 12.2 Å². The molecule has 0 fully saturated rings. The van der Waals surface area contributed by atoms with E-state index in [2.05, 4.69) is 11.3 Å². The van der Waals surface area contributed by atoms with Crippen LogP contribution in [0.1, 0.15) is 20.8 Å². The second-order valence-electron chi connectivity index (χ2n) is 3.10. The number of carbonyl (C=O) groups excluding carboxylic acids is 1. The molecule has 0 radical (unpaired) electrons. The number of rotatable bonds is 4. The predicted octanol–water partition coefficient (Wildman–Crippen LogP) is 2.26. The molecular formula is C10H15NO3. The summed E-state index contributed by atoms with van der Waals surface area (Å²) >= 11 is 0. The second kappa shape index (κ2) is 6.03. The van der Waals surface area contributed by atoms with E-state index in [-0.39, 0.29) is 18.1 Å². The molecule has 1 atom stereocenters. The van der Waals surface area contributed by atoms with Gasteiger partial charge in [0.2, 0.25) is 0 Å². The van der Waals surface area contributed by atoms with Crippen LogP contribution in [0.25, 0.3) is 0 Å². The SMILES string of the molecule is C=C(C#N)[C@H](OC(=O)OCC)C(C)C. The van der Waals surface area contributed by atoms with Crippen LogP contribution in [-0.2, 0) is 9.47 Å². The molecule has 0 aromatic carbocycles. The Labute approximate surface area is 84.1 Å². The lowest BCUT2D eigenvalue weighted by atomic mass is 10.0. The van der Waals surface area contributed by atoms with Crippen LogP contribution in [0.4, 0.5) is 4.79 Å². The van der Waals surface area contributed by atoms with Gasteiger partial charge in [0.25, 0.3) is 0 Å². The van der Waals surface area contributed by atoms with E-state index < -0.39 is 12.3 Å². The molecule has 0 aliphatic rings. The molecule has 0 unspecified atom stereocenters. The highest BCUT2D eigenvalue weighted by molar-refractivity contribution is 5.60. The van der Waals surface area contributed by atoms with Crippen molar-refractivity contribution in [1.82, 2.24) is 0 Å². The maximum absolute atomic E-state index is 11.0. The number of nitrogens with zero attached hydrogens (tertiary/aromatic N) is 1. The van der Waals surface area contributed by atoms with Gasteiger partial charge in [0.1, 0.15) is 6.10 Å². The molecule has 0 aromatic heterocycles. The lowest BCUT2D eigenvalue weighted by molar-refractivity contribution is 0.0251. The van der Waals surface area contributed by atoms with Gasteiger partial charge >= 0.3 is 6.16 Å². The minimum atomic E-state index is -0.761. The lowest BCUT2D eigenvalue weighted by Crippen LogP contribution is -2.25. The Bertz CT molecular complexity index is 253. The normalized spacial score (nSPS) is 11.6. The van der Waals surface area contributed by atoms with Crippen molar-refractivity contribution in [2.24, 2.45) is 5.92 Å². The maximum Gasteiger partial charge on any atom is 0.508 e. The first-order valence-electron chi connectivity index (χ1n) is 4.45. The number of hydrogen-bond acceptors (Lipinski definition) is 4. The zero-order valence-corrected chi connectivity index (χ0v) is 8.74. The molecule has 0 bridgehead atoms. The van der Waals surface area contributed by atoms with Gasteiger partial charge < -0.3 is 9.47 Å². The third-order valence-electron chi connectivity index (χ3n) is 1.58. The molecule has 0 spiro atoms. The smallest absolute Gasteiger partial charge is 0.435 e. The number of hydrogen-bond donors (Lipinski definition) is 0. The van der Waals surface area contributed by atoms with Crippen molar-refractivity contribution < 1.29 is 14.3 Å². The molecule has 0 aromatic rings. The van der Waals surface area contributed by atoms with Crippen LogP contribution in [0.2, 0.25) is 0 Å². The van der Waals surface area contributed by atoms with Gasteiger partial charge in [-0.2, -0.15) is 5.26 Å². The van der Waals surface area contributed by atoms with E-state index in [9.17, 15) is 4.79 Å². The molecule has 4 nitrogen and oxygen atoms in total. The van der Waals surface area contributed by atoms with Crippen LogP contribution in [0.3, 0.4) is 0 Å². The van der Waals surface area contributed by atoms with Gasteiger partial charge in [0.15, 0.2) is 0 Å². The van der Waals surface area contributed by atoms with E-state index in [1.54, 1.807) is 6.92 Å². The molecule has 4 heteroatoms. The van der Waals surface area contributed by atoms with E-state index >= 15 is 0 Å². The molecular weight excluding hydrogens is 182 g/mol. The first kappa shape index (κ1) is 12.5. The number of nitriles is 1. The third-order valence-corrected chi connectivity index (χ3v) is 1.58. The second-order valence-corrected chi connectivity index (χ2v) is 3.10. The Hall–Kier alpha value is -1.50. The largest absolute Gasteiger partial charge is 0.508 e. The molecule has 0 saturated heterocycles. The fourth-order valence-electron chi connectivity index (χ4n) is 0.929. The Balaban J connectivity index is 4.32. The van der Waals surface area contributed by atoms with Crippen molar-refractivity contribution >= 4 is 6.16 Å². The Kier molecular flexibility index (Phi) is 5.38. The molecule has 0 aliphatic carbocycles. The highest BCUT2D eigenvalue weighted by Crippen LogP contribution is 2.14. The van der Waals surface area contributed by atoms with E-state index in [4.69, 9.17) is 10.00 Å². The summed E-state index contributed by atoms with van der Waals surface area (Å²) < 4.78 is 9.53. The average molecular weight is 197 g/mol. The van der Waals surface area contributed by atoms with Crippen LogP contribution in [0.5, 0.6) is 0 Å². The van der Waals surface area contributed by atoms with Crippen molar-refractivity contribution in [3.8, 4) is 6.07 Å². The molecule has 0 amide bonds. The fraction of sp³-hybridized carbons (Fsp3) is 0.600. The van der Waals surface area contributed by atoms with Gasteiger partial charge in [0.05, 0.1) is 18.2 Å². The summed E-state index contributed by atoms with van der Waals surface area (Å²) in [6, 6.07) is 1.87. The zero-order chi connectivity index (χ0) is 11.1. The fourth-order valence-corrected chi connectivity index (χ4v) is 0.929. The molecule has 0 heterocycles. The summed E-state index contributed by atoms with van der Waals surface area (Å²) in [6.45, 7) is 9.13. The summed E-state index contributed by atoms with van der Waals surface area (Å²) in [6.07, 6.45) is -1.36. The summed E-state index contributed by atoms with van der Waals surface area (Å²) in [5.74, 6) is 0.00607. The van der Waals surface area contributed by atoms with Crippen LogP contribution in [-0.4, -0.2) is 18.9 Å². The molecule has 0 N–H and O–H groups in total. The third kappa shape index (κ3) is 3.94. The van der Waals surface area contributed by atoms with Crippen molar-refractivity contribution in [2.45, 2.75) is 26.9 Å². The Morgan fingerprint density at radius 2 is 2.14 bits per heavy atom. The van der Waals surface area contributed by atoms with Crippen molar-refractivity contribution in [1.29, 1.82) is 5.26 Å². The standard InChI is InChI=1S/C10H15NO3/c1-5-13-10(12)14-9(7(2)3)8(4)6-11/h7,9H,4-5H2,1-3H3/t9-/m1/s1. The number of ether oxygens (including phenoxy) is 2. The molecule has 0 rings (SSSR count). The van der Waals surface area contributed by atoms with Gasteiger partial charge in [-0.3, -0.25) is 0 Å². The molecule has 14 heavy (non-hydrogen) atoms. The van der Waals surface area contributed by atoms with Gasteiger partial charge in [-0.05, 0) is 12.8 Å². The lowest BCUT2D eigenvalue weighted by Gasteiger charge is -2.19. The first-order valence-corrected chi connectivity index (χ1v) is 4.45. The predicted molar refractivity (Wildman–Crippen MR) is 51.5 cm³/mol. The summed E-state index contributed by atoms with van der Waals surface area (Å²) in [4.78, 5) is 11.0. The van der Waals surface area contributed by atoms with Crippen molar-refractivity contribution in [3.05, 3.63) is 12.2 Å². The highest BCUT2D eigenvalue weighted by Gasteiger charge is 2.22. The summed E-state index contributed by atoms with van der Waals surface area (Å²) in [5.41, 5.74) is 0.230. The summed E-state index contributed by atoms with van der Waals surface area (Å²) in [7, 11) is 0. The van der Waals surface area contributed by atoms with E-state index in [1.165, 1.54) is 0 Å². The zero-order valence-electron chi connectivity index (χ0n) is 8.74. The van der Waals surface area contributed by atoms with Crippen LogP contribution >= 0.6 is 0 Å². The molecule has 0 saturated carbocycles. The van der Waals surface area contributed by atoms with Gasteiger partial charge in [-0.25, -0.2) is 4.79 Å². The molecule has 0 aliphatic heterocycles. The highest BCUT2D eigenvalue weighted by atomic mass is 16.7. The van der Waals surface area contributed by atoms with Gasteiger partial charge in [-0.1, -0.05) is 20.4 Å². The number of carbonyl (C=O) groups is 1. The first-order chi connectivity index (χ1) is 6.52. The van der Waals surface area contributed by atoms with Crippen LogP contribution in [0, 0.1) is 17.2 Å². The van der Waals surface area contributed by atoms with E-state index in [0.717, 1.165) is 0 Å². The molecule has 78 valence electrons. The van der Waals surface area contributed by atoms with Gasteiger partial charge in [0, 0.05) is 0 Å². The Morgan fingerprint density at radius 1 is 1.57 bits per heavy atom. The summed E-state index contributed by atoms with van der Waals surface area (Å²) in [5, 5.41) is 8.62. The quantitative estimate of drug-likeness (QED) is 0.512. The maximum atomic E-state index is 11.0. The Morgan fingerprint density at radius 3 is 2.50 bits per heavy atom. The topological polar surface area (TPSA) is 59.3 Å². The minimum Gasteiger partial charge on any atom is -0.435 e. The monoisotopic (exact) mass is 197 g/mol. The average Bonchev–Trinajstić information content (AvgIpc) is 2.13.